The highest BCUT2D eigenvalue weighted by atomic mass is 32.2. The van der Waals surface area contributed by atoms with Crippen LogP contribution in [0.5, 0.6) is 0 Å². The lowest BCUT2D eigenvalue weighted by Crippen LogP contribution is -2.43. The zero-order valence-corrected chi connectivity index (χ0v) is 12.0. The molecule has 0 bridgehead atoms. The SMILES string of the molecule is CSC1CCCCC1NC(=O)c1ccc(NN)cc1. The van der Waals surface area contributed by atoms with Gasteiger partial charge in [0.1, 0.15) is 0 Å². The van der Waals surface area contributed by atoms with Gasteiger partial charge < -0.3 is 10.7 Å². The molecule has 1 amide bonds. The predicted octanol–water partition coefficient (Wildman–Crippen LogP) is 2.38. The van der Waals surface area contributed by atoms with Gasteiger partial charge in [0.25, 0.3) is 5.91 Å². The van der Waals surface area contributed by atoms with Crippen LogP contribution in [0.3, 0.4) is 0 Å². The molecule has 0 saturated heterocycles. The second kappa shape index (κ2) is 6.82. The summed E-state index contributed by atoms with van der Waals surface area (Å²) in [5.41, 5.74) is 4.04. The van der Waals surface area contributed by atoms with E-state index in [2.05, 4.69) is 17.0 Å². The third kappa shape index (κ3) is 3.64. The van der Waals surface area contributed by atoms with Crippen molar-refractivity contribution in [2.45, 2.75) is 37.0 Å². The lowest BCUT2D eigenvalue weighted by atomic mass is 9.94. The third-order valence-corrected chi connectivity index (χ3v) is 4.81. The molecule has 2 rings (SSSR count). The molecule has 1 saturated carbocycles. The van der Waals surface area contributed by atoms with E-state index < -0.39 is 0 Å². The van der Waals surface area contributed by atoms with Crippen molar-refractivity contribution in [1.29, 1.82) is 0 Å². The van der Waals surface area contributed by atoms with Crippen LogP contribution in [0.1, 0.15) is 36.0 Å². The number of hydrazine groups is 1. The molecule has 4 N–H and O–H groups in total. The molecule has 0 aromatic heterocycles. The Balaban J connectivity index is 1.98. The van der Waals surface area contributed by atoms with Gasteiger partial charge in [0.2, 0.25) is 0 Å². The van der Waals surface area contributed by atoms with Crippen LogP contribution in [0.2, 0.25) is 0 Å². The van der Waals surface area contributed by atoms with Gasteiger partial charge in [-0.1, -0.05) is 12.8 Å². The number of benzene rings is 1. The molecule has 1 aliphatic carbocycles. The van der Waals surface area contributed by atoms with E-state index in [-0.39, 0.29) is 5.91 Å². The average molecular weight is 279 g/mol. The number of anilines is 1. The molecule has 2 atom stereocenters. The Labute approximate surface area is 118 Å². The smallest absolute Gasteiger partial charge is 0.251 e. The number of nitrogens with two attached hydrogens (primary N) is 1. The highest BCUT2D eigenvalue weighted by molar-refractivity contribution is 7.99. The fourth-order valence-electron chi connectivity index (χ4n) is 2.51. The van der Waals surface area contributed by atoms with Crippen molar-refractivity contribution < 1.29 is 4.79 Å². The highest BCUT2D eigenvalue weighted by Crippen LogP contribution is 2.27. The first-order chi connectivity index (χ1) is 9.24. The third-order valence-electron chi connectivity index (χ3n) is 3.64. The van der Waals surface area contributed by atoms with Crippen molar-refractivity contribution in [3.05, 3.63) is 29.8 Å². The molecule has 5 heteroatoms. The molecule has 1 aliphatic rings. The summed E-state index contributed by atoms with van der Waals surface area (Å²) in [6, 6.07) is 7.50. The molecule has 4 nitrogen and oxygen atoms in total. The van der Waals surface area contributed by atoms with Gasteiger partial charge in [0, 0.05) is 22.5 Å². The molecule has 0 radical (unpaired) electrons. The summed E-state index contributed by atoms with van der Waals surface area (Å²) in [4.78, 5) is 12.2. The zero-order chi connectivity index (χ0) is 13.7. The maximum Gasteiger partial charge on any atom is 0.251 e. The molecule has 1 aromatic rings. The van der Waals surface area contributed by atoms with E-state index in [9.17, 15) is 4.79 Å². The van der Waals surface area contributed by atoms with Gasteiger partial charge in [-0.3, -0.25) is 10.6 Å². The van der Waals surface area contributed by atoms with Crippen molar-refractivity contribution >= 4 is 23.4 Å². The Morgan fingerprint density at radius 2 is 1.95 bits per heavy atom. The maximum atomic E-state index is 12.2. The molecule has 0 spiro atoms. The summed E-state index contributed by atoms with van der Waals surface area (Å²) >= 11 is 1.86. The maximum absolute atomic E-state index is 12.2. The van der Waals surface area contributed by atoms with Crippen LogP contribution >= 0.6 is 11.8 Å². The van der Waals surface area contributed by atoms with Gasteiger partial charge in [0.05, 0.1) is 0 Å². The number of amides is 1. The monoisotopic (exact) mass is 279 g/mol. The fourth-order valence-corrected chi connectivity index (χ4v) is 3.45. The van der Waals surface area contributed by atoms with E-state index in [0.717, 1.165) is 12.1 Å². The van der Waals surface area contributed by atoms with Crippen LogP contribution < -0.4 is 16.6 Å². The van der Waals surface area contributed by atoms with Gasteiger partial charge in [0.15, 0.2) is 0 Å². The zero-order valence-electron chi connectivity index (χ0n) is 11.2. The molecular weight excluding hydrogens is 258 g/mol. The Morgan fingerprint density at radius 3 is 2.58 bits per heavy atom. The van der Waals surface area contributed by atoms with E-state index in [1.54, 1.807) is 12.1 Å². The molecule has 104 valence electrons. The van der Waals surface area contributed by atoms with Gasteiger partial charge in [-0.15, -0.1) is 0 Å². The Bertz CT molecular complexity index is 421. The topological polar surface area (TPSA) is 67.2 Å². The molecule has 19 heavy (non-hydrogen) atoms. The number of hydrogen-bond donors (Lipinski definition) is 3. The summed E-state index contributed by atoms with van der Waals surface area (Å²) in [5, 5.41) is 3.71. The number of carbonyl (C=O) groups is 1. The van der Waals surface area contributed by atoms with Gasteiger partial charge in [-0.25, -0.2) is 0 Å². The predicted molar refractivity (Wildman–Crippen MR) is 81.3 cm³/mol. The van der Waals surface area contributed by atoms with E-state index in [0.29, 0.717) is 16.9 Å². The Hall–Kier alpha value is -1.20. The van der Waals surface area contributed by atoms with Crippen LogP contribution in [0.4, 0.5) is 5.69 Å². The van der Waals surface area contributed by atoms with Crippen molar-refractivity contribution in [3.8, 4) is 0 Å². The summed E-state index contributed by atoms with van der Waals surface area (Å²) < 4.78 is 0. The first kappa shape index (κ1) is 14.2. The number of carbonyl (C=O) groups excluding carboxylic acids is 1. The number of thioether (sulfide) groups is 1. The Morgan fingerprint density at radius 1 is 1.26 bits per heavy atom. The lowest BCUT2D eigenvalue weighted by Gasteiger charge is -2.30. The van der Waals surface area contributed by atoms with Crippen molar-refractivity contribution in [2.24, 2.45) is 5.84 Å². The Kier molecular flexibility index (Phi) is 5.10. The number of hydrogen-bond acceptors (Lipinski definition) is 4. The van der Waals surface area contributed by atoms with Crippen LogP contribution in [-0.2, 0) is 0 Å². The summed E-state index contributed by atoms with van der Waals surface area (Å²) in [6.45, 7) is 0. The van der Waals surface area contributed by atoms with Crippen LogP contribution in [-0.4, -0.2) is 23.5 Å². The van der Waals surface area contributed by atoms with E-state index >= 15 is 0 Å². The minimum atomic E-state index is 0.00882. The molecule has 1 aromatic carbocycles. The molecule has 1 fully saturated rings. The quantitative estimate of drug-likeness (QED) is 0.585. The van der Waals surface area contributed by atoms with Crippen LogP contribution in [0.25, 0.3) is 0 Å². The fraction of sp³-hybridized carbons (Fsp3) is 0.500. The first-order valence-electron chi connectivity index (χ1n) is 6.65. The first-order valence-corrected chi connectivity index (χ1v) is 7.93. The molecule has 0 aliphatic heterocycles. The highest BCUT2D eigenvalue weighted by Gasteiger charge is 2.25. The normalized spacial score (nSPS) is 22.8. The van der Waals surface area contributed by atoms with Crippen LogP contribution in [0, 0.1) is 0 Å². The second-order valence-electron chi connectivity index (χ2n) is 4.86. The molecular formula is C14H21N3OS. The van der Waals surface area contributed by atoms with Crippen molar-refractivity contribution in [3.63, 3.8) is 0 Å². The largest absolute Gasteiger partial charge is 0.348 e. The van der Waals surface area contributed by atoms with Crippen molar-refractivity contribution in [1.82, 2.24) is 5.32 Å². The van der Waals surface area contributed by atoms with Crippen LogP contribution in [0.15, 0.2) is 24.3 Å². The van der Waals surface area contributed by atoms with Crippen molar-refractivity contribution in [2.75, 3.05) is 11.7 Å². The molecule has 2 unspecified atom stereocenters. The van der Waals surface area contributed by atoms with E-state index in [1.807, 2.05) is 23.9 Å². The van der Waals surface area contributed by atoms with E-state index in [4.69, 9.17) is 5.84 Å². The standard InChI is InChI=1S/C14H21N3OS/c1-19-13-5-3-2-4-12(13)16-14(18)10-6-8-11(17-15)9-7-10/h6-9,12-13,17H,2-5,15H2,1H3,(H,16,18). The summed E-state index contributed by atoms with van der Waals surface area (Å²) in [6.07, 6.45) is 6.88. The number of nitrogen functional groups attached to an aromatic ring is 1. The van der Waals surface area contributed by atoms with Gasteiger partial charge in [-0.05, 0) is 43.4 Å². The lowest BCUT2D eigenvalue weighted by molar-refractivity contribution is 0.0929. The summed E-state index contributed by atoms with van der Waals surface area (Å²) in [5.74, 6) is 5.32. The average Bonchev–Trinajstić information content (AvgIpc) is 2.48. The number of nitrogens with one attached hydrogen (secondary N) is 2. The van der Waals surface area contributed by atoms with E-state index in [1.165, 1.54) is 19.3 Å². The summed E-state index contributed by atoms with van der Waals surface area (Å²) in [7, 11) is 0. The minimum absolute atomic E-state index is 0.00882. The number of rotatable bonds is 4. The van der Waals surface area contributed by atoms with Gasteiger partial charge in [-0.2, -0.15) is 11.8 Å². The second-order valence-corrected chi connectivity index (χ2v) is 5.94. The van der Waals surface area contributed by atoms with Gasteiger partial charge >= 0.3 is 0 Å². The molecule has 0 heterocycles. The minimum Gasteiger partial charge on any atom is -0.348 e.